The van der Waals surface area contributed by atoms with E-state index in [0.29, 0.717) is 5.41 Å². The van der Waals surface area contributed by atoms with Crippen LogP contribution >= 0.6 is 0 Å². The summed E-state index contributed by atoms with van der Waals surface area (Å²) in [6.07, 6.45) is 6.57. The van der Waals surface area contributed by atoms with Crippen molar-refractivity contribution < 1.29 is 0 Å². The Morgan fingerprint density at radius 3 is 2.53 bits per heavy atom. The van der Waals surface area contributed by atoms with E-state index in [1.54, 1.807) is 0 Å². The summed E-state index contributed by atoms with van der Waals surface area (Å²) in [6.45, 7) is 4.71. The van der Waals surface area contributed by atoms with Gasteiger partial charge in [0, 0.05) is 12.2 Å². The second kappa shape index (κ2) is 5.54. The van der Waals surface area contributed by atoms with Crippen LogP contribution in [0.4, 0.5) is 5.69 Å². The van der Waals surface area contributed by atoms with Crippen LogP contribution in [-0.2, 0) is 6.42 Å². The first-order valence-corrected chi connectivity index (χ1v) is 6.73. The van der Waals surface area contributed by atoms with Gasteiger partial charge in [0.2, 0.25) is 0 Å². The van der Waals surface area contributed by atoms with Crippen LogP contribution in [0, 0.1) is 5.41 Å². The fraction of sp³-hybridized carbons (Fsp3) is 0.600. The molecule has 0 saturated heterocycles. The van der Waals surface area contributed by atoms with Crippen LogP contribution in [0.15, 0.2) is 24.3 Å². The van der Waals surface area contributed by atoms with E-state index in [2.05, 4.69) is 24.4 Å². The number of nitrogens with one attached hydrogen (secondary N) is 1. The van der Waals surface area contributed by atoms with Crippen LogP contribution in [0.3, 0.4) is 0 Å². The van der Waals surface area contributed by atoms with Gasteiger partial charge in [-0.05, 0) is 55.3 Å². The van der Waals surface area contributed by atoms with Gasteiger partial charge >= 0.3 is 0 Å². The monoisotopic (exact) mass is 232 g/mol. The van der Waals surface area contributed by atoms with Crippen molar-refractivity contribution in [3.63, 3.8) is 0 Å². The summed E-state index contributed by atoms with van der Waals surface area (Å²) in [7, 11) is 0. The lowest BCUT2D eigenvalue weighted by molar-refractivity contribution is 0.157. The van der Waals surface area contributed by atoms with E-state index in [-0.39, 0.29) is 0 Å². The molecule has 1 saturated carbocycles. The fourth-order valence-corrected chi connectivity index (χ4v) is 2.45. The molecule has 1 aliphatic carbocycles. The molecule has 0 radical (unpaired) electrons. The zero-order valence-corrected chi connectivity index (χ0v) is 10.8. The van der Waals surface area contributed by atoms with Gasteiger partial charge in [0.1, 0.15) is 0 Å². The molecule has 0 aliphatic heterocycles. The molecule has 0 heterocycles. The van der Waals surface area contributed by atoms with Crippen molar-refractivity contribution in [3.8, 4) is 0 Å². The molecule has 0 atom stereocenters. The van der Waals surface area contributed by atoms with Gasteiger partial charge in [-0.2, -0.15) is 0 Å². The molecule has 1 aromatic carbocycles. The molecule has 94 valence electrons. The molecular formula is C15H24N2. The van der Waals surface area contributed by atoms with Crippen molar-refractivity contribution in [2.45, 2.75) is 39.0 Å². The standard InChI is InChI=1S/C15H24N2/c1-15(9-3-10-15)12-17-11-2-4-13-5-7-14(16)8-6-13/h5-8,17H,2-4,9-12,16H2,1H3. The average molecular weight is 232 g/mol. The molecule has 2 heteroatoms. The van der Waals surface area contributed by atoms with Gasteiger partial charge in [0.15, 0.2) is 0 Å². The van der Waals surface area contributed by atoms with Crippen LogP contribution in [0.2, 0.25) is 0 Å². The van der Waals surface area contributed by atoms with Crippen LogP contribution < -0.4 is 11.1 Å². The molecule has 0 bridgehead atoms. The fourth-order valence-electron chi connectivity index (χ4n) is 2.45. The molecule has 1 aliphatic rings. The van der Waals surface area contributed by atoms with Gasteiger partial charge in [-0.25, -0.2) is 0 Å². The maximum absolute atomic E-state index is 5.66. The summed E-state index contributed by atoms with van der Waals surface area (Å²) in [5.41, 5.74) is 8.50. The Hall–Kier alpha value is -1.02. The highest BCUT2D eigenvalue weighted by atomic mass is 14.9. The molecule has 2 rings (SSSR count). The third kappa shape index (κ3) is 3.74. The normalized spacial score (nSPS) is 17.7. The van der Waals surface area contributed by atoms with Crippen molar-refractivity contribution in [2.75, 3.05) is 18.8 Å². The minimum Gasteiger partial charge on any atom is -0.399 e. The molecule has 2 nitrogen and oxygen atoms in total. The minimum absolute atomic E-state index is 0.598. The van der Waals surface area contributed by atoms with Gasteiger partial charge in [-0.3, -0.25) is 0 Å². The van der Waals surface area contributed by atoms with Crippen molar-refractivity contribution in [1.82, 2.24) is 5.32 Å². The van der Waals surface area contributed by atoms with E-state index in [1.165, 1.54) is 37.8 Å². The Kier molecular flexibility index (Phi) is 4.06. The van der Waals surface area contributed by atoms with Gasteiger partial charge in [-0.15, -0.1) is 0 Å². The molecule has 1 aromatic rings. The second-order valence-electron chi connectivity index (χ2n) is 5.69. The SMILES string of the molecule is CC1(CNCCCc2ccc(N)cc2)CCC1. The van der Waals surface area contributed by atoms with Crippen molar-refractivity contribution in [1.29, 1.82) is 0 Å². The summed E-state index contributed by atoms with van der Waals surface area (Å²) < 4.78 is 0. The number of hydrogen-bond acceptors (Lipinski definition) is 2. The van der Waals surface area contributed by atoms with Crippen LogP contribution in [0.1, 0.15) is 38.2 Å². The lowest BCUT2D eigenvalue weighted by atomic mass is 9.70. The summed E-state index contributed by atoms with van der Waals surface area (Å²) in [4.78, 5) is 0. The smallest absolute Gasteiger partial charge is 0.0314 e. The first-order chi connectivity index (χ1) is 8.18. The van der Waals surface area contributed by atoms with Crippen LogP contribution in [0.25, 0.3) is 0 Å². The number of nitrogens with two attached hydrogens (primary N) is 1. The zero-order chi connectivity index (χ0) is 12.1. The third-order valence-corrected chi connectivity index (χ3v) is 3.91. The third-order valence-electron chi connectivity index (χ3n) is 3.91. The topological polar surface area (TPSA) is 38.0 Å². The number of aryl methyl sites for hydroxylation is 1. The number of rotatable bonds is 6. The lowest BCUT2D eigenvalue weighted by Gasteiger charge is -2.38. The molecule has 0 aromatic heterocycles. The molecule has 0 spiro atoms. The van der Waals surface area contributed by atoms with E-state index < -0.39 is 0 Å². The molecule has 0 amide bonds. The highest BCUT2D eigenvalue weighted by molar-refractivity contribution is 5.39. The number of anilines is 1. The average Bonchev–Trinajstić information content (AvgIpc) is 2.29. The Labute approximate surface area is 105 Å². The van der Waals surface area contributed by atoms with Crippen molar-refractivity contribution in [2.24, 2.45) is 5.41 Å². The van der Waals surface area contributed by atoms with E-state index in [9.17, 15) is 0 Å². The van der Waals surface area contributed by atoms with E-state index in [1.807, 2.05) is 12.1 Å². The number of hydrogen-bond donors (Lipinski definition) is 2. The minimum atomic E-state index is 0.598. The summed E-state index contributed by atoms with van der Waals surface area (Å²) in [5, 5.41) is 3.58. The predicted molar refractivity (Wildman–Crippen MR) is 74.0 cm³/mol. The Balaban J connectivity index is 1.58. The maximum Gasteiger partial charge on any atom is 0.0314 e. The highest BCUT2D eigenvalue weighted by Crippen LogP contribution is 2.39. The van der Waals surface area contributed by atoms with Gasteiger partial charge < -0.3 is 11.1 Å². The lowest BCUT2D eigenvalue weighted by Crippen LogP contribution is -2.37. The molecule has 0 unspecified atom stereocenters. The highest BCUT2D eigenvalue weighted by Gasteiger charge is 2.30. The maximum atomic E-state index is 5.66. The zero-order valence-electron chi connectivity index (χ0n) is 10.8. The Bertz CT molecular complexity index is 338. The van der Waals surface area contributed by atoms with Gasteiger partial charge in [0.25, 0.3) is 0 Å². The van der Waals surface area contributed by atoms with Crippen molar-refractivity contribution >= 4 is 5.69 Å². The second-order valence-corrected chi connectivity index (χ2v) is 5.69. The van der Waals surface area contributed by atoms with Gasteiger partial charge in [0.05, 0.1) is 0 Å². The molecular weight excluding hydrogens is 208 g/mol. The first-order valence-electron chi connectivity index (χ1n) is 6.73. The first kappa shape index (κ1) is 12.4. The van der Waals surface area contributed by atoms with E-state index in [0.717, 1.165) is 18.7 Å². The summed E-state index contributed by atoms with van der Waals surface area (Å²) in [5.74, 6) is 0. The van der Waals surface area contributed by atoms with Gasteiger partial charge in [-0.1, -0.05) is 25.5 Å². The largest absolute Gasteiger partial charge is 0.399 e. The summed E-state index contributed by atoms with van der Waals surface area (Å²) >= 11 is 0. The number of nitrogen functional groups attached to an aromatic ring is 1. The number of benzene rings is 1. The quantitative estimate of drug-likeness (QED) is 0.584. The molecule has 17 heavy (non-hydrogen) atoms. The Morgan fingerprint density at radius 2 is 1.94 bits per heavy atom. The predicted octanol–water partition coefficient (Wildman–Crippen LogP) is 2.98. The summed E-state index contributed by atoms with van der Waals surface area (Å²) in [6, 6.07) is 8.22. The Morgan fingerprint density at radius 1 is 1.24 bits per heavy atom. The van der Waals surface area contributed by atoms with E-state index >= 15 is 0 Å². The van der Waals surface area contributed by atoms with Crippen LogP contribution in [-0.4, -0.2) is 13.1 Å². The molecule has 1 fully saturated rings. The molecule has 3 N–H and O–H groups in total. The van der Waals surface area contributed by atoms with Crippen LogP contribution in [0.5, 0.6) is 0 Å². The van der Waals surface area contributed by atoms with Crippen molar-refractivity contribution in [3.05, 3.63) is 29.8 Å². The van der Waals surface area contributed by atoms with E-state index in [4.69, 9.17) is 5.73 Å².